The standard InChI is InChI=1S/C17H17BrN6O3/c1-23-16-13(8-21-23)17(27)24(10-20-16)9-15(26)19-7-6-14(25)22-12-4-2-11(18)3-5-12/h2-5,8,10H,6-7,9H2,1H3,(H,19,26)(H,22,25). The first-order valence-electron chi connectivity index (χ1n) is 8.13. The average Bonchev–Trinajstić information content (AvgIpc) is 3.01. The van der Waals surface area contributed by atoms with Gasteiger partial charge in [0.05, 0.1) is 6.20 Å². The highest BCUT2D eigenvalue weighted by molar-refractivity contribution is 9.10. The fourth-order valence-corrected chi connectivity index (χ4v) is 2.73. The first-order valence-corrected chi connectivity index (χ1v) is 8.92. The molecule has 0 atom stereocenters. The van der Waals surface area contributed by atoms with Crippen molar-refractivity contribution in [1.29, 1.82) is 0 Å². The van der Waals surface area contributed by atoms with Gasteiger partial charge in [-0.1, -0.05) is 15.9 Å². The number of rotatable bonds is 6. The van der Waals surface area contributed by atoms with Crippen LogP contribution < -0.4 is 16.2 Å². The van der Waals surface area contributed by atoms with Gasteiger partial charge in [0.25, 0.3) is 5.56 Å². The zero-order chi connectivity index (χ0) is 19.4. The van der Waals surface area contributed by atoms with Crippen molar-refractivity contribution in [1.82, 2.24) is 24.6 Å². The van der Waals surface area contributed by atoms with Crippen LogP contribution in [0.15, 0.2) is 46.1 Å². The van der Waals surface area contributed by atoms with Crippen molar-refractivity contribution in [2.45, 2.75) is 13.0 Å². The van der Waals surface area contributed by atoms with Gasteiger partial charge in [-0.2, -0.15) is 5.10 Å². The molecule has 0 saturated heterocycles. The number of hydrogen-bond acceptors (Lipinski definition) is 5. The number of aryl methyl sites for hydroxylation is 1. The first-order chi connectivity index (χ1) is 12.9. The maximum absolute atomic E-state index is 12.3. The molecule has 140 valence electrons. The smallest absolute Gasteiger partial charge is 0.264 e. The molecule has 3 aromatic rings. The molecule has 0 bridgehead atoms. The normalized spacial score (nSPS) is 10.7. The van der Waals surface area contributed by atoms with Crippen molar-refractivity contribution < 1.29 is 9.59 Å². The molecule has 2 amide bonds. The SMILES string of the molecule is Cn1ncc2c(=O)n(CC(=O)NCCC(=O)Nc3ccc(Br)cc3)cnc21. The van der Waals surface area contributed by atoms with Gasteiger partial charge in [0.1, 0.15) is 18.3 Å². The Hall–Kier alpha value is -3.01. The molecule has 0 spiro atoms. The van der Waals surface area contributed by atoms with E-state index in [1.165, 1.54) is 21.8 Å². The summed E-state index contributed by atoms with van der Waals surface area (Å²) in [5.41, 5.74) is 0.800. The molecule has 2 heterocycles. The number of fused-ring (bicyclic) bond motifs is 1. The van der Waals surface area contributed by atoms with E-state index in [1.807, 2.05) is 12.1 Å². The largest absolute Gasteiger partial charge is 0.354 e. The van der Waals surface area contributed by atoms with Crippen molar-refractivity contribution in [3.05, 3.63) is 51.6 Å². The lowest BCUT2D eigenvalue weighted by atomic mass is 10.3. The van der Waals surface area contributed by atoms with Crippen molar-refractivity contribution >= 4 is 44.5 Å². The Kier molecular flexibility index (Phi) is 5.65. The summed E-state index contributed by atoms with van der Waals surface area (Å²) in [4.78, 5) is 40.4. The molecule has 1 aromatic carbocycles. The second-order valence-electron chi connectivity index (χ2n) is 5.84. The number of carbonyl (C=O) groups excluding carboxylic acids is 2. The number of benzene rings is 1. The van der Waals surface area contributed by atoms with Gasteiger partial charge in [-0.15, -0.1) is 0 Å². The monoisotopic (exact) mass is 432 g/mol. The highest BCUT2D eigenvalue weighted by Gasteiger charge is 2.11. The molecular formula is C17H17BrN6O3. The van der Waals surface area contributed by atoms with Crippen LogP contribution in [0.2, 0.25) is 0 Å². The van der Waals surface area contributed by atoms with Crippen LogP contribution in [-0.4, -0.2) is 37.7 Å². The summed E-state index contributed by atoms with van der Waals surface area (Å²) in [6.07, 6.45) is 2.86. The minimum Gasteiger partial charge on any atom is -0.354 e. The van der Waals surface area contributed by atoms with Crippen LogP contribution >= 0.6 is 15.9 Å². The Morgan fingerprint density at radius 1 is 1.19 bits per heavy atom. The summed E-state index contributed by atoms with van der Waals surface area (Å²) >= 11 is 3.32. The van der Waals surface area contributed by atoms with Crippen LogP contribution in [0.3, 0.4) is 0 Å². The maximum Gasteiger partial charge on any atom is 0.264 e. The van der Waals surface area contributed by atoms with E-state index in [0.29, 0.717) is 16.7 Å². The fraction of sp³-hybridized carbons (Fsp3) is 0.235. The third-order valence-electron chi connectivity index (χ3n) is 3.83. The number of nitrogens with one attached hydrogen (secondary N) is 2. The predicted molar refractivity (Wildman–Crippen MR) is 103 cm³/mol. The molecule has 0 unspecified atom stereocenters. The lowest BCUT2D eigenvalue weighted by Gasteiger charge is -2.08. The highest BCUT2D eigenvalue weighted by Crippen LogP contribution is 2.14. The van der Waals surface area contributed by atoms with Gasteiger partial charge < -0.3 is 10.6 Å². The fourth-order valence-electron chi connectivity index (χ4n) is 2.46. The van der Waals surface area contributed by atoms with E-state index < -0.39 is 0 Å². The molecule has 3 rings (SSSR count). The summed E-state index contributed by atoms with van der Waals surface area (Å²) in [6.45, 7) is -0.0104. The van der Waals surface area contributed by atoms with E-state index in [1.54, 1.807) is 19.2 Å². The van der Waals surface area contributed by atoms with Gasteiger partial charge in [0.15, 0.2) is 5.65 Å². The van der Waals surface area contributed by atoms with E-state index in [0.717, 1.165) is 4.47 Å². The first kappa shape index (κ1) is 18.8. The van der Waals surface area contributed by atoms with E-state index in [4.69, 9.17) is 0 Å². The van der Waals surface area contributed by atoms with Crippen LogP contribution in [0.5, 0.6) is 0 Å². The Morgan fingerprint density at radius 3 is 2.67 bits per heavy atom. The summed E-state index contributed by atoms with van der Waals surface area (Å²) < 4.78 is 3.62. The third kappa shape index (κ3) is 4.59. The molecule has 0 fully saturated rings. The number of amides is 2. The van der Waals surface area contributed by atoms with Crippen molar-refractivity contribution in [3.63, 3.8) is 0 Å². The van der Waals surface area contributed by atoms with Gasteiger partial charge in [-0.05, 0) is 24.3 Å². The summed E-state index contributed by atoms with van der Waals surface area (Å²) in [5, 5.41) is 9.69. The Balaban J connectivity index is 1.50. The summed E-state index contributed by atoms with van der Waals surface area (Å²) in [6, 6.07) is 7.19. The van der Waals surface area contributed by atoms with Crippen molar-refractivity contribution in [3.8, 4) is 0 Å². The Labute approximate surface area is 162 Å². The quantitative estimate of drug-likeness (QED) is 0.604. The molecule has 10 heteroatoms. The van der Waals surface area contributed by atoms with Crippen LogP contribution in [0.1, 0.15) is 6.42 Å². The molecule has 0 aliphatic rings. The summed E-state index contributed by atoms with van der Waals surface area (Å²) in [5.74, 6) is -0.591. The lowest BCUT2D eigenvalue weighted by Crippen LogP contribution is -2.34. The second-order valence-corrected chi connectivity index (χ2v) is 6.75. The minimum absolute atomic E-state index is 0.122. The predicted octanol–water partition coefficient (Wildman–Crippen LogP) is 1.04. The van der Waals surface area contributed by atoms with E-state index >= 15 is 0 Å². The average molecular weight is 433 g/mol. The molecule has 27 heavy (non-hydrogen) atoms. The van der Waals surface area contributed by atoms with Gasteiger partial charge in [-0.3, -0.25) is 23.6 Å². The summed E-state index contributed by atoms with van der Waals surface area (Å²) in [7, 11) is 1.69. The van der Waals surface area contributed by atoms with Gasteiger partial charge in [-0.25, -0.2) is 4.98 Å². The Morgan fingerprint density at radius 2 is 1.93 bits per heavy atom. The maximum atomic E-state index is 12.3. The van der Waals surface area contributed by atoms with E-state index in [-0.39, 0.29) is 36.9 Å². The Bertz CT molecular complexity index is 1040. The van der Waals surface area contributed by atoms with E-state index in [2.05, 4.69) is 36.6 Å². The molecule has 0 radical (unpaired) electrons. The van der Waals surface area contributed by atoms with Crippen LogP contribution in [0.25, 0.3) is 11.0 Å². The molecule has 0 aliphatic heterocycles. The number of nitrogens with zero attached hydrogens (tertiary/aromatic N) is 4. The van der Waals surface area contributed by atoms with Gasteiger partial charge in [0, 0.05) is 30.2 Å². The minimum atomic E-state index is -0.376. The molecule has 0 aliphatic carbocycles. The van der Waals surface area contributed by atoms with Gasteiger partial charge in [0.2, 0.25) is 11.8 Å². The van der Waals surface area contributed by atoms with Gasteiger partial charge >= 0.3 is 0 Å². The topological polar surface area (TPSA) is 111 Å². The second kappa shape index (κ2) is 8.12. The highest BCUT2D eigenvalue weighted by atomic mass is 79.9. The van der Waals surface area contributed by atoms with E-state index in [9.17, 15) is 14.4 Å². The molecule has 9 nitrogen and oxygen atoms in total. The number of hydrogen-bond donors (Lipinski definition) is 2. The van der Waals surface area contributed by atoms with Crippen LogP contribution in [0, 0.1) is 0 Å². The number of carbonyl (C=O) groups is 2. The van der Waals surface area contributed by atoms with Crippen LogP contribution in [-0.2, 0) is 23.2 Å². The van der Waals surface area contributed by atoms with Crippen molar-refractivity contribution in [2.24, 2.45) is 7.05 Å². The number of halogens is 1. The van der Waals surface area contributed by atoms with Crippen LogP contribution in [0.4, 0.5) is 5.69 Å². The third-order valence-corrected chi connectivity index (χ3v) is 4.36. The zero-order valence-electron chi connectivity index (χ0n) is 14.5. The molecule has 0 saturated carbocycles. The molecular weight excluding hydrogens is 416 g/mol. The number of aromatic nitrogens is 4. The molecule has 2 N–H and O–H groups in total. The lowest BCUT2D eigenvalue weighted by molar-refractivity contribution is -0.121. The number of anilines is 1. The molecule has 2 aromatic heterocycles. The van der Waals surface area contributed by atoms with Crippen molar-refractivity contribution in [2.75, 3.05) is 11.9 Å². The zero-order valence-corrected chi connectivity index (χ0v) is 16.1.